The number of carbonyl (C=O) groups excluding carboxylic acids is 2. The van der Waals surface area contributed by atoms with Crippen LogP contribution in [0.25, 0.3) is 10.7 Å². The average Bonchev–Trinajstić information content (AvgIpc) is 3.31. The molecular weight excluding hydrogens is 394 g/mol. The topological polar surface area (TPSA) is 88.9 Å². The summed E-state index contributed by atoms with van der Waals surface area (Å²) < 4.78 is 1.89. The lowest BCUT2D eigenvalue weighted by Crippen LogP contribution is -2.15. The van der Waals surface area contributed by atoms with Crippen LogP contribution in [0.1, 0.15) is 19.8 Å². The maximum atomic E-state index is 12.2. The van der Waals surface area contributed by atoms with Gasteiger partial charge >= 0.3 is 0 Å². The normalized spacial score (nSPS) is 10.6. The van der Waals surface area contributed by atoms with Crippen molar-refractivity contribution in [3.05, 3.63) is 41.8 Å². The first-order valence-electron chi connectivity index (χ1n) is 8.82. The minimum Gasteiger partial charge on any atom is -0.326 e. The molecule has 1 aromatic carbocycles. The third-order valence-electron chi connectivity index (χ3n) is 3.84. The SMILES string of the molecule is CCCC(=O)Nc1ccc(NC(=O)CSc2nnc(-c3cccs3)n2C)cc1. The van der Waals surface area contributed by atoms with Crippen molar-refractivity contribution < 1.29 is 9.59 Å². The van der Waals surface area contributed by atoms with Crippen LogP contribution in [0, 0.1) is 0 Å². The number of hydrogen-bond donors (Lipinski definition) is 2. The second kappa shape index (κ2) is 9.52. The molecule has 2 heterocycles. The van der Waals surface area contributed by atoms with E-state index in [0.29, 0.717) is 23.0 Å². The predicted octanol–water partition coefficient (Wildman–Crippen LogP) is 4.01. The molecule has 146 valence electrons. The van der Waals surface area contributed by atoms with Crippen LogP contribution < -0.4 is 10.6 Å². The number of aromatic nitrogens is 3. The fourth-order valence-electron chi connectivity index (χ4n) is 2.48. The maximum absolute atomic E-state index is 12.2. The molecule has 0 spiro atoms. The standard InChI is InChI=1S/C19H21N5O2S2/c1-3-5-16(25)20-13-7-9-14(10-8-13)21-17(26)12-28-19-23-22-18(24(19)2)15-6-4-11-27-15/h4,6-11H,3,5,12H2,1-2H3,(H,20,25)(H,21,26). The summed E-state index contributed by atoms with van der Waals surface area (Å²) in [6, 6.07) is 11.0. The third-order valence-corrected chi connectivity index (χ3v) is 5.72. The molecule has 0 bridgehead atoms. The van der Waals surface area contributed by atoms with E-state index >= 15 is 0 Å². The summed E-state index contributed by atoms with van der Waals surface area (Å²) in [5.74, 6) is 0.874. The van der Waals surface area contributed by atoms with Crippen molar-refractivity contribution in [2.45, 2.75) is 24.9 Å². The van der Waals surface area contributed by atoms with Crippen LogP contribution in [-0.4, -0.2) is 32.3 Å². The van der Waals surface area contributed by atoms with E-state index < -0.39 is 0 Å². The number of rotatable bonds is 8. The molecule has 0 saturated heterocycles. The first-order chi connectivity index (χ1) is 13.6. The van der Waals surface area contributed by atoms with Crippen molar-refractivity contribution in [1.29, 1.82) is 0 Å². The van der Waals surface area contributed by atoms with E-state index in [4.69, 9.17) is 0 Å². The third kappa shape index (κ3) is 5.20. The molecule has 0 aliphatic heterocycles. The number of nitrogens with zero attached hydrogens (tertiary/aromatic N) is 3. The lowest BCUT2D eigenvalue weighted by Gasteiger charge is -2.08. The Hall–Kier alpha value is -2.65. The molecule has 0 aliphatic rings. The highest BCUT2D eigenvalue weighted by Gasteiger charge is 2.13. The van der Waals surface area contributed by atoms with Gasteiger partial charge in [0.05, 0.1) is 10.6 Å². The highest BCUT2D eigenvalue weighted by atomic mass is 32.2. The van der Waals surface area contributed by atoms with Crippen LogP contribution in [0.2, 0.25) is 0 Å². The van der Waals surface area contributed by atoms with E-state index in [1.54, 1.807) is 35.6 Å². The van der Waals surface area contributed by atoms with E-state index in [2.05, 4.69) is 20.8 Å². The molecule has 3 aromatic rings. The Balaban J connectivity index is 1.51. The van der Waals surface area contributed by atoms with E-state index in [-0.39, 0.29) is 17.6 Å². The number of hydrogen-bond acceptors (Lipinski definition) is 6. The van der Waals surface area contributed by atoms with E-state index in [1.165, 1.54) is 11.8 Å². The number of nitrogens with one attached hydrogen (secondary N) is 2. The summed E-state index contributed by atoms with van der Waals surface area (Å²) in [6.45, 7) is 1.96. The Morgan fingerprint density at radius 3 is 2.36 bits per heavy atom. The summed E-state index contributed by atoms with van der Waals surface area (Å²) in [5.41, 5.74) is 1.39. The van der Waals surface area contributed by atoms with Crippen molar-refractivity contribution in [2.24, 2.45) is 7.05 Å². The number of benzene rings is 1. The summed E-state index contributed by atoms with van der Waals surface area (Å²) in [6.07, 6.45) is 1.30. The fraction of sp³-hybridized carbons (Fsp3) is 0.263. The van der Waals surface area contributed by atoms with Crippen molar-refractivity contribution in [3.8, 4) is 10.7 Å². The van der Waals surface area contributed by atoms with Gasteiger partial charge in [0.25, 0.3) is 0 Å². The van der Waals surface area contributed by atoms with Gasteiger partial charge in [-0.25, -0.2) is 0 Å². The number of thiophene rings is 1. The van der Waals surface area contributed by atoms with E-state index in [9.17, 15) is 9.59 Å². The highest BCUT2D eigenvalue weighted by Crippen LogP contribution is 2.26. The fourth-order valence-corrected chi connectivity index (χ4v) is 3.93. The molecule has 0 unspecified atom stereocenters. The summed E-state index contributed by atoms with van der Waals surface area (Å²) >= 11 is 2.93. The zero-order chi connectivity index (χ0) is 19.9. The molecule has 9 heteroatoms. The second-order valence-electron chi connectivity index (χ2n) is 6.05. The predicted molar refractivity (Wildman–Crippen MR) is 114 cm³/mol. The van der Waals surface area contributed by atoms with Crippen molar-refractivity contribution in [1.82, 2.24) is 14.8 Å². The first kappa shape index (κ1) is 20.1. The second-order valence-corrected chi connectivity index (χ2v) is 7.95. The van der Waals surface area contributed by atoms with E-state index in [1.807, 2.05) is 36.1 Å². The molecule has 2 N–H and O–H groups in total. The van der Waals surface area contributed by atoms with Crippen molar-refractivity contribution in [2.75, 3.05) is 16.4 Å². The van der Waals surface area contributed by atoms with Gasteiger partial charge in [-0.15, -0.1) is 21.5 Å². The molecule has 0 radical (unpaired) electrons. The van der Waals surface area contributed by atoms with Gasteiger partial charge in [-0.05, 0) is 42.1 Å². The zero-order valence-corrected chi connectivity index (χ0v) is 17.3. The monoisotopic (exact) mass is 415 g/mol. The molecule has 7 nitrogen and oxygen atoms in total. The van der Waals surface area contributed by atoms with Crippen molar-refractivity contribution in [3.63, 3.8) is 0 Å². The van der Waals surface area contributed by atoms with Crippen LogP contribution >= 0.6 is 23.1 Å². The minimum absolute atomic E-state index is 0.0127. The molecular formula is C19H21N5O2S2. The molecule has 3 rings (SSSR count). The minimum atomic E-state index is -0.131. The zero-order valence-electron chi connectivity index (χ0n) is 15.6. The maximum Gasteiger partial charge on any atom is 0.234 e. The summed E-state index contributed by atoms with van der Waals surface area (Å²) in [7, 11) is 1.89. The molecule has 2 aromatic heterocycles. The van der Waals surface area contributed by atoms with Gasteiger partial charge in [-0.2, -0.15) is 0 Å². The Labute approximate surface area is 171 Å². The molecule has 0 saturated carbocycles. The van der Waals surface area contributed by atoms with Gasteiger partial charge in [0, 0.05) is 24.8 Å². The molecule has 2 amide bonds. The Bertz CT molecular complexity index is 936. The number of thioether (sulfide) groups is 1. The van der Waals surface area contributed by atoms with Gasteiger partial charge in [-0.3, -0.25) is 9.59 Å². The Morgan fingerprint density at radius 2 is 1.75 bits per heavy atom. The van der Waals surface area contributed by atoms with Crippen LogP contribution in [-0.2, 0) is 16.6 Å². The smallest absolute Gasteiger partial charge is 0.234 e. The van der Waals surface area contributed by atoms with Crippen LogP contribution in [0.3, 0.4) is 0 Å². The largest absolute Gasteiger partial charge is 0.326 e. The average molecular weight is 416 g/mol. The van der Waals surface area contributed by atoms with Crippen LogP contribution in [0.5, 0.6) is 0 Å². The quantitative estimate of drug-likeness (QED) is 0.543. The molecule has 28 heavy (non-hydrogen) atoms. The van der Waals surface area contributed by atoms with Gasteiger partial charge < -0.3 is 15.2 Å². The molecule has 0 fully saturated rings. The molecule has 0 aliphatic carbocycles. The van der Waals surface area contributed by atoms with Gasteiger partial charge in [0.2, 0.25) is 11.8 Å². The molecule has 0 atom stereocenters. The number of anilines is 2. The van der Waals surface area contributed by atoms with Gasteiger partial charge in [-0.1, -0.05) is 24.8 Å². The van der Waals surface area contributed by atoms with Crippen LogP contribution in [0.15, 0.2) is 46.9 Å². The Morgan fingerprint density at radius 1 is 1.07 bits per heavy atom. The lowest BCUT2D eigenvalue weighted by atomic mass is 10.2. The van der Waals surface area contributed by atoms with E-state index in [0.717, 1.165) is 17.1 Å². The highest BCUT2D eigenvalue weighted by molar-refractivity contribution is 7.99. The summed E-state index contributed by atoms with van der Waals surface area (Å²) in [4.78, 5) is 24.9. The lowest BCUT2D eigenvalue weighted by molar-refractivity contribution is -0.116. The number of carbonyl (C=O) groups is 2. The van der Waals surface area contributed by atoms with Crippen molar-refractivity contribution >= 4 is 46.3 Å². The van der Waals surface area contributed by atoms with Gasteiger partial charge in [0.1, 0.15) is 0 Å². The first-order valence-corrected chi connectivity index (χ1v) is 10.7. The summed E-state index contributed by atoms with van der Waals surface area (Å²) in [5, 5.41) is 16.7. The van der Waals surface area contributed by atoms with Crippen LogP contribution in [0.4, 0.5) is 11.4 Å². The number of amides is 2. The Kier molecular flexibility index (Phi) is 6.83. The van der Waals surface area contributed by atoms with Gasteiger partial charge in [0.15, 0.2) is 11.0 Å².